The zero-order chi connectivity index (χ0) is 13.3. The summed E-state index contributed by atoms with van der Waals surface area (Å²) in [6.07, 6.45) is -0.564. The van der Waals surface area contributed by atoms with Gasteiger partial charge < -0.3 is 9.47 Å². The Labute approximate surface area is 102 Å². The van der Waals surface area contributed by atoms with Gasteiger partial charge in [-0.15, -0.1) is 0 Å². The Morgan fingerprint density at radius 2 is 1.76 bits per heavy atom. The minimum absolute atomic E-state index is 0.302. The summed E-state index contributed by atoms with van der Waals surface area (Å²) < 4.78 is 9.47. The Hall–Kier alpha value is -1.75. The second-order valence-corrected chi connectivity index (χ2v) is 2.95. The topological polar surface area (TPSA) is 64.8 Å². The van der Waals surface area contributed by atoms with Gasteiger partial charge in [-0.1, -0.05) is 26.0 Å². The minimum Gasteiger partial charge on any atom is -0.497 e. The van der Waals surface area contributed by atoms with E-state index in [1.807, 2.05) is 26.0 Å². The molecule has 96 valence electrons. The number of rotatable bonds is 3. The second kappa shape index (κ2) is 8.41. The van der Waals surface area contributed by atoms with Gasteiger partial charge in [-0.2, -0.15) is 0 Å². The maximum Gasteiger partial charge on any atom is 0.424 e. The standard InChI is InChI=1S/C10H14N2O3.C2H6/c1-14-9-5-3-8(4-6-9)7-12(11)10(13)15-2;1-2/h3-6H,7,11H2,1-2H3;1-2H3. The average Bonchev–Trinajstić information content (AvgIpc) is 2.40. The molecule has 0 aliphatic rings. The molecular weight excluding hydrogens is 220 g/mol. The lowest BCUT2D eigenvalue weighted by Gasteiger charge is -2.14. The molecule has 0 fully saturated rings. The van der Waals surface area contributed by atoms with Crippen LogP contribution in [0, 0.1) is 0 Å². The molecule has 1 amide bonds. The average molecular weight is 240 g/mol. The van der Waals surface area contributed by atoms with Crippen molar-refractivity contribution in [3.05, 3.63) is 29.8 Å². The van der Waals surface area contributed by atoms with E-state index in [9.17, 15) is 4.79 Å². The van der Waals surface area contributed by atoms with Crippen molar-refractivity contribution in [3.8, 4) is 5.75 Å². The number of carbonyl (C=O) groups excluding carboxylic acids is 1. The number of hydrazine groups is 1. The highest BCUT2D eigenvalue weighted by Gasteiger charge is 2.08. The first kappa shape index (κ1) is 15.2. The number of carbonyl (C=O) groups is 1. The lowest BCUT2D eigenvalue weighted by atomic mass is 10.2. The number of amides is 1. The van der Waals surface area contributed by atoms with Crippen LogP contribution in [0.5, 0.6) is 5.75 Å². The Balaban J connectivity index is 0.00000121. The van der Waals surface area contributed by atoms with Crippen LogP contribution in [0.4, 0.5) is 4.79 Å². The van der Waals surface area contributed by atoms with E-state index in [1.54, 1.807) is 19.2 Å². The van der Waals surface area contributed by atoms with E-state index in [2.05, 4.69) is 4.74 Å². The summed E-state index contributed by atoms with van der Waals surface area (Å²) in [5.41, 5.74) is 0.906. The predicted octanol–water partition coefficient (Wildman–Crippen LogP) is 2.16. The monoisotopic (exact) mass is 240 g/mol. The van der Waals surface area contributed by atoms with Crippen LogP contribution in [-0.4, -0.2) is 25.3 Å². The summed E-state index contributed by atoms with van der Waals surface area (Å²) in [6.45, 7) is 4.30. The van der Waals surface area contributed by atoms with Gasteiger partial charge in [-0.05, 0) is 17.7 Å². The van der Waals surface area contributed by atoms with Gasteiger partial charge in [0.2, 0.25) is 0 Å². The molecule has 1 aromatic carbocycles. The van der Waals surface area contributed by atoms with Crippen LogP contribution in [0.1, 0.15) is 19.4 Å². The highest BCUT2D eigenvalue weighted by Crippen LogP contribution is 2.12. The third kappa shape index (κ3) is 5.21. The van der Waals surface area contributed by atoms with Crippen molar-refractivity contribution < 1.29 is 14.3 Å². The fourth-order valence-electron chi connectivity index (χ4n) is 1.11. The molecule has 1 aromatic rings. The number of hydrogen-bond donors (Lipinski definition) is 1. The fourth-order valence-corrected chi connectivity index (χ4v) is 1.11. The van der Waals surface area contributed by atoms with Crippen molar-refractivity contribution in [2.45, 2.75) is 20.4 Å². The molecule has 17 heavy (non-hydrogen) atoms. The predicted molar refractivity (Wildman–Crippen MR) is 66.5 cm³/mol. The third-order valence-corrected chi connectivity index (χ3v) is 1.92. The van der Waals surface area contributed by atoms with Crippen molar-refractivity contribution >= 4 is 6.09 Å². The van der Waals surface area contributed by atoms with Crippen molar-refractivity contribution in [1.29, 1.82) is 0 Å². The maximum absolute atomic E-state index is 11.0. The van der Waals surface area contributed by atoms with Crippen molar-refractivity contribution in [2.24, 2.45) is 5.84 Å². The lowest BCUT2D eigenvalue weighted by Crippen LogP contribution is -2.36. The van der Waals surface area contributed by atoms with E-state index in [0.29, 0.717) is 6.54 Å². The first-order chi connectivity index (χ1) is 8.17. The molecule has 0 heterocycles. The summed E-state index contributed by atoms with van der Waals surface area (Å²) in [5, 5.41) is 1.00. The van der Waals surface area contributed by atoms with Crippen LogP contribution >= 0.6 is 0 Å². The summed E-state index contributed by atoms with van der Waals surface area (Å²) >= 11 is 0. The van der Waals surface area contributed by atoms with Gasteiger partial charge in [0, 0.05) is 0 Å². The Bertz CT molecular complexity index is 325. The molecule has 5 heteroatoms. The van der Waals surface area contributed by atoms with E-state index in [1.165, 1.54) is 7.11 Å². The molecule has 1 rings (SSSR count). The van der Waals surface area contributed by atoms with Crippen LogP contribution in [0.25, 0.3) is 0 Å². The number of nitrogens with two attached hydrogens (primary N) is 1. The highest BCUT2D eigenvalue weighted by atomic mass is 16.5. The molecule has 0 bridgehead atoms. The molecule has 0 radical (unpaired) electrons. The number of nitrogens with zero attached hydrogens (tertiary/aromatic N) is 1. The van der Waals surface area contributed by atoms with Crippen LogP contribution in [0.2, 0.25) is 0 Å². The smallest absolute Gasteiger partial charge is 0.424 e. The molecule has 0 atom stereocenters. The Kier molecular flexibility index (Phi) is 7.54. The molecule has 0 saturated carbocycles. The summed E-state index contributed by atoms with van der Waals surface area (Å²) in [7, 11) is 2.88. The van der Waals surface area contributed by atoms with Crippen LogP contribution in [0.15, 0.2) is 24.3 Å². The quantitative estimate of drug-likeness (QED) is 0.499. The Morgan fingerprint density at radius 1 is 1.24 bits per heavy atom. The van der Waals surface area contributed by atoms with Gasteiger partial charge in [-0.3, -0.25) is 0 Å². The van der Waals surface area contributed by atoms with E-state index in [-0.39, 0.29) is 0 Å². The largest absolute Gasteiger partial charge is 0.497 e. The molecule has 2 N–H and O–H groups in total. The Morgan fingerprint density at radius 3 is 2.18 bits per heavy atom. The van der Waals surface area contributed by atoms with Crippen LogP contribution < -0.4 is 10.6 Å². The van der Waals surface area contributed by atoms with Crippen molar-refractivity contribution in [3.63, 3.8) is 0 Å². The summed E-state index contributed by atoms with van der Waals surface area (Å²) in [5.74, 6) is 6.22. The van der Waals surface area contributed by atoms with Gasteiger partial charge in [0.05, 0.1) is 20.8 Å². The summed E-state index contributed by atoms with van der Waals surface area (Å²) in [4.78, 5) is 11.0. The highest BCUT2D eigenvalue weighted by molar-refractivity contribution is 5.66. The van der Waals surface area contributed by atoms with Crippen molar-refractivity contribution in [2.75, 3.05) is 14.2 Å². The van der Waals surface area contributed by atoms with E-state index >= 15 is 0 Å². The van der Waals surface area contributed by atoms with Crippen LogP contribution in [0.3, 0.4) is 0 Å². The molecule has 0 aliphatic heterocycles. The molecule has 0 spiro atoms. The van der Waals surface area contributed by atoms with E-state index in [4.69, 9.17) is 10.6 Å². The first-order valence-corrected chi connectivity index (χ1v) is 5.40. The minimum atomic E-state index is -0.564. The number of ether oxygens (including phenoxy) is 2. The zero-order valence-electron chi connectivity index (χ0n) is 10.8. The molecule has 5 nitrogen and oxygen atoms in total. The van der Waals surface area contributed by atoms with Gasteiger partial charge in [0.25, 0.3) is 0 Å². The van der Waals surface area contributed by atoms with Gasteiger partial charge in [0.15, 0.2) is 0 Å². The SMILES string of the molecule is CC.COC(=O)N(N)Cc1ccc(OC)cc1. The van der Waals surface area contributed by atoms with E-state index in [0.717, 1.165) is 16.3 Å². The van der Waals surface area contributed by atoms with Gasteiger partial charge >= 0.3 is 6.09 Å². The third-order valence-electron chi connectivity index (χ3n) is 1.92. The lowest BCUT2D eigenvalue weighted by molar-refractivity contribution is 0.121. The van der Waals surface area contributed by atoms with E-state index < -0.39 is 6.09 Å². The normalized spacial score (nSPS) is 8.76. The zero-order valence-corrected chi connectivity index (χ0v) is 10.8. The van der Waals surface area contributed by atoms with Gasteiger partial charge in [0.1, 0.15) is 5.75 Å². The molecule has 0 aromatic heterocycles. The maximum atomic E-state index is 11.0. The number of benzene rings is 1. The number of hydrogen-bond acceptors (Lipinski definition) is 4. The molecule has 0 saturated heterocycles. The van der Waals surface area contributed by atoms with Crippen LogP contribution in [-0.2, 0) is 11.3 Å². The summed E-state index contributed by atoms with van der Waals surface area (Å²) in [6, 6.07) is 7.28. The molecular formula is C12H20N2O3. The first-order valence-electron chi connectivity index (χ1n) is 5.40. The number of methoxy groups -OCH3 is 2. The fraction of sp³-hybridized carbons (Fsp3) is 0.417. The molecule has 0 aliphatic carbocycles. The van der Waals surface area contributed by atoms with Gasteiger partial charge in [-0.25, -0.2) is 15.6 Å². The van der Waals surface area contributed by atoms with Crippen molar-refractivity contribution in [1.82, 2.24) is 5.01 Å². The molecule has 0 unspecified atom stereocenters. The second-order valence-electron chi connectivity index (χ2n) is 2.95.